The quantitative estimate of drug-likeness (QED) is 0.641. The minimum absolute atomic E-state index is 0.00764. The van der Waals surface area contributed by atoms with Gasteiger partial charge in [0.2, 0.25) is 11.0 Å². The third-order valence-corrected chi connectivity index (χ3v) is 3.83. The molecule has 1 aromatic heterocycles. The zero-order chi connectivity index (χ0) is 17.6. The summed E-state index contributed by atoms with van der Waals surface area (Å²) in [5.74, 6) is -2.14. The van der Waals surface area contributed by atoms with Gasteiger partial charge in [0.05, 0.1) is 13.4 Å². The first-order chi connectivity index (χ1) is 11.3. The number of methoxy groups -OCH3 is 1. The number of phenols is 1. The summed E-state index contributed by atoms with van der Waals surface area (Å²) in [5, 5.41) is 30.6. The number of phenolic OH excluding ortho intramolecular Hbond substituents is 1. The van der Waals surface area contributed by atoms with Crippen LogP contribution in [0.4, 0.5) is 0 Å². The Morgan fingerprint density at radius 3 is 2.75 bits per heavy atom. The molecule has 1 aromatic carbocycles. The fourth-order valence-electron chi connectivity index (χ4n) is 2.66. The fourth-order valence-corrected chi connectivity index (χ4v) is 2.66. The topological polar surface area (TPSA) is 126 Å². The fraction of sp³-hybridized carbons (Fsp3) is 0.250. The summed E-state index contributed by atoms with van der Waals surface area (Å²) in [6.07, 6.45) is 0.135. The molecule has 0 aliphatic carbocycles. The number of aliphatic hydroxyl groups excluding tert-OH is 1. The first-order valence-electron chi connectivity index (χ1n) is 6.93. The summed E-state index contributed by atoms with van der Waals surface area (Å²) >= 11 is 0. The monoisotopic (exact) mass is 334 g/mol. The molecule has 0 radical (unpaired) electrons. The second kappa shape index (κ2) is 5.36. The average Bonchev–Trinajstić information content (AvgIpc) is 2.64. The molecule has 2 heterocycles. The third kappa shape index (κ3) is 2.08. The molecule has 8 nitrogen and oxygen atoms in total. The SMILES string of the molecule is COC(=O)C1(O)c2c(oc3cc(C)cc(O)c3c2=O)OC=CC1O. The number of ether oxygens (including phenoxy) is 2. The molecule has 2 aromatic rings. The maximum atomic E-state index is 12.8. The normalized spacial score (nSPS) is 22.6. The molecule has 8 heteroatoms. The Labute approximate surface area is 135 Å². The Kier molecular flexibility index (Phi) is 3.58. The summed E-state index contributed by atoms with van der Waals surface area (Å²) in [5.41, 5.74) is -3.69. The smallest absolute Gasteiger partial charge is 0.346 e. The van der Waals surface area contributed by atoms with Crippen molar-refractivity contribution >= 4 is 16.9 Å². The molecule has 3 rings (SSSR count). The van der Waals surface area contributed by atoms with Gasteiger partial charge < -0.3 is 29.2 Å². The van der Waals surface area contributed by atoms with Gasteiger partial charge in [-0.05, 0) is 30.7 Å². The van der Waals surface area contributed by atoms with Crippen LogP contribution in [0.3, 0.4) is 0 Å². The van der Waals surface area contributed by atoms with Crippen LogP contribution < -0.4 is 10.2 Å². The minimum atomic E-state index is -2.75. The summed E-state index contributed by atoms with van der Waals surface area (Å²) in [6.45, 7) is 1.68. The van der Waals surface area contributed by atoms with E-state index in [-0.39, 0.29) is 16.7 Å². The van der Waals surface area contributed by atoms with E-state index < -0.39 is 34.6 Å². The van der Waals surface area contributed by atoms with Gasteiger partial charge in [0.25, 0.3) is 0 Å². The summed E-state index contributed by atoms with van der Waals surface area (Å²) in [7, 11) is 0.992. The van der Waals surface area contributed by atoms with Crippen LogP contribution in [-0.2, 0) is 15.1 Å². The van der Waals surface area contributed by atoms with Crippen molar-refractivity contribution in [2.45, 2.75) is 18.6 Å². The summed E-state index contributed by atoms with van der Waals surface area (Å²) in [6, 6.07) is 2.82. The van der Waals surface area contributed by atoms with Crippen molar-refractivity contribution in [2.75, 3.05) is 7.11 Å². The van der Waals surface area contributed by atoms with Gasteiger partial charge in [-0.3, -0.25) is 4.79 Å². The van der Waals surface area contributed by atoms with E-state index in [2.05, 4.69) is 4.74 Å². The van der Waals surface area contributed by atoms with Crippen molar-refractivity contribution in [2.24, 2.45) is 0 Å². The van der Waals surface area contributed by atoms with E-state index in [9.17, 15) is 24.9 Å². The van der Waals surface area contributed by atoms with Gasteiger partial charge in [0.15, 0.2) is 0 Å². The second-order valence-corrected chi connectivity index (χ2v) is 5.40. The number of carbonyl (C=O) groups is 1. The maximum absolute atomic E-state index is 12.8. The van der Waals surface area contributed by atoms with E-state index in [0.717, 1.165) is 19.4 Å². The zero-order valence-corrected chi connectivity index (χ0v) is 12.8. The molecule has 1 aliphatic rings. The van der Waals surface area contributed by atoms with Crippen LogP contribution in [0.15, 0.2) is 33.7 Å². The molecular formula is C16H14O8. The molecule has 2 unspecified atom stereocenters. The lowest BCUT2D eigenvalue weighted by atomic mass is 9.88. The lowest BCUT2D eigenvalue weighted by Crippen LogP contribution is -2.49. The molecule has 0 saturated carbocycles. The number of benzene rings is 1. The molecule has 0 saturated heterocycles. The number of aromatic hydroxyl groups is 1. The molecule has 3 N–H and O–H groups in total. The van der Waals surface area contributed by atoms with Gasteiger partial charge in [0, 0.05) is 0 Å². The highest BCUT2D eigenvalue weighted by Crippen LogP contribution is 2.38. The van der Waals surface area contributed by atoms with Gasteiger partial charge in [0.1, 0.15) is 28.4 Å². The standard InChI is InChI=1S/C16H14O8/c1-7-5-8(17)11-9(6-7)24-14-12(13(11)19)16(21,15(20)22-2)10(18)3-4-23-14/h3-6,10,17-18,21H,1-2H3. The van der Waals surface area contributed by atoms with Crippen molar-refractivity contribution in [3.8, 4) is 11.7 Å². The van der Waals surface area contributed by atoms with E-state index in [1.807, 2.05) is 0 Å². The van der Waals surface area contributed by atoms with Crippen molar-refractivity contribution in [3.05, 3.63) is 45.8 Å². The van der Waals surface area contributed by atoms with Crippen molar-refractivity contribution in [1.82, 2.24) is 0 Å². The highest BCUT2D eigenvalue weighted by Gasteiger charge is 2.52. The van der Waals surface area contributed by atoms with Gasteiger partial charge in [-0.25, -0.2) is 4.79 Å². The lowest BCUT2D eigenvalue weighted by Gasteiger charge is -2.27. The minimum Gasteiger partial charge on any atom is -0.507 e. The summed E-state index contributed by atoms with van der Waals surface area (Å²) in [4.78, 5) is 24.9. The highest BCUT2D eigenvalue weighted by atomic mass is 16.6. The maximum Gasteiger partial charge on any atom is 0.346 e. The Morgan fingerprint density at radius 2 is 2.08 bits per heavy atom. The van der Waals surface area contributed by atoms with Gasteiger partial charge in [-0.15, -0.1) is 0 Å². The number of rotatable bonds is 1. The van der Waals surface area contributed by atoms with E-state index >= 15 is 0 Å². The van der Waals surface area contributed by atoms with E-state index in [1.54, 1.807) is 6.92 Å². The van der Waals surface area contributed by atoms with Crippen LogP contribution in [0.2, 0.25) is 0 Å². The van der Waals surface area contributed by atoms with Crippen LogP contribution in [-0.4, -0.2) is 34.5 Å². The number of hydrogen-bond acceptors (Lipinski definition) is 8. The van der Waals surface area contributed by atoms with Crippen molar-refractivity contribution in [3.63, 3.8) is 0 Å². The molecule has 2 atom stereocenters. The number of esters is 1. The number of aryl methyl sites for hydroxylation is 1. The van der Waals surface area contributed by atoms with Crippen LogP contribution in [0, 0.1) is 6.92 Å². The second-order valence-electron chi connectivity index (χ2n) is 5.40. The van der Waals surface area contributed by atoms with Crippen LogP contribution in [0.5, 0.6) is 11.7 Å². The third-order valence-electron chi connectivity index (χ3n) is 3.83. The Bertz CT molecular complexity index is 926. The van der Waals surface area contributed by atoms with E-state index in [4.69, 9.17) is 9.15 Å². The molecule has 24 heavy (non-hydrogen) atoms. The first-order valence-corrected chi connectivity index (χ1v) is 6.93. The number of aliphatic hydroxyl groups is 2. The molecule has 126 valence electrons. The van der Waals surface area contributed by atoms with Crippen LogP contribution >= 0.6 is 0 Å². The van der Waals surface area contributed by atoms with Crippen molar-refractivity contribution in [1.29, 1.82) is 0 Å². The molecular weight excluding hydrogens is 320 g/mol. The lowest BCUT2D eigenvalue weighted by molar-refractivity contribution is -0.173. The summed E-state index contributed by atoms with van der Waals surface area (Å²) < 4.78 is 15.1. The van der Waals surface area contributed by atoms with Crippen LogP contribution in [0.25, 0.3) is 11.0 Å². The van der Waals surface area contributed by atoms with Gasteiger partial charge in [-0.2, -0.15) is 0 Å². The molecule has 0 fully saturated rings. The Hall–Kier alpha value is -2.84. The number of hydrogen-bond donors (Lipinski definition) is 3. The zero-order valence-electron chi connectivity index (χ0n) is 12.8. The Morgan fingerprint density at radius 1 is 1.38 bits per heavy atom. The Balaban J connectivity index is 2.47. The van der Waals surface area contributed by atoms with Gasteiger partial charge in [-0.1, -0.05) is 0 Å². The number of fused-ring (bicyclic) bond motifs is 2. The molecule has 0 bridgehead atoms. The average molecular weight is 334 g/mol. The molecule has 0 amide bonds. The first kappa shape index (κ1) is 16.0. The van der Waals surface area contributed by atoms with Crippen molar-refractivity contribution < 1.29 is 34.0 Å². The molecule has 1 aliphatic heterocycles. The number of carbonyl (C=O) groups excluding carboxylic acids is 1. The van der Waals surface area contributed by atoms with E-state index in [0.29, 0.717) is 5.56 Å². The highest BCUT2D eigenvalue weighted by molar-refractivity contribution is 5.89. The largest absolute Gasteiger partial charge is 0.507 e. The van der Waals surface area contributed by atoms with Crippen LogP contribution in [0.1, 0.15) is 11.1 Å². The predicted molar refractivity (Wildman–Crippen MR) is 80.6 cm³/mol. The predicted octanol–water partition coefficient (Wildman–Crippen LogP) is 0.435. The van der Waals surface area contributed by atoms with Gasteiger partial charge >= 0.3 is 11.9 Å². The van der Waals surface area contributed by atoms with E-state index in [1.165, 1.54) is 12.1 Å². The molecule has 0 spiro atoms.